The molecule has 42 heavy (non-hydrogen) atoms. The van der Waals surface area contributed by atoms with Gasteiger partial charge in [0.1, 0.15) is 23.7 Å². The molecule has 0 aromatic heterocycles. The third kappa shape index (κ3) is 4.78. The SMILES string of the molecule is C[C@@H]1CNC(=O)CC/C=C\[C@H]2O[C@]34C=CCN(c5ccc6ccccc6c5)C(=O)[C@H]3N(CCCO)C(=O)[C@@H]4[C@H]2C(=O)O1. The first-order chi connectivity index (χ1) is 20.3. The first-order valence-electron chi connectivity index (χ1n) is 14.5. The number of benzene rings is 2. The normalized spacial score (nSPS) is 32.3. The summed E-state index contributed by atoms with van der Waals surface area (Å²) in [7, 11) is 0. The second kappa shape index (κ2) is 11.3. The largest absolute Gasteiger partial charge is 0.460 e. The molecular formula is C32H35N3O7. The first-order valence-corrected chi connectivity index (χ1v) is 14.5. The highest BCUT2D eigenvalue weighted by atomic mass is 16.6. The third-order valence-electron chi connectivity index (χ3n) is 8.64. The van der Waals surface area contributed by atoms with Crippen molar-refractivity contribution in [2.45, 2.75) is 50.0 Å². The fraction of sp³-hybridized carbons (Fsp3) is 0.438. The maximum Gasteiger partial charge on any atom is 0.313 e. The van der Waals surface area contributed by atoms with E-state index < -0.39 is 41.7 Å². The highest BCUT2D eigenvalue weighted by Crippen LogP contribution is 2.53. The van der Waals surface area contributed by atoms with Crippen LogP contribution in [0, 0.1) is 11.8 Å². The Hall–Kier alpha value is -4.02. The van der Waals surface area contributed by atoms with Crippen LogP contribution in [0.3, 0.4) is 0 Å². The number of ether oxygens (including phenoxy) is 2. The highest BCUT2D eigenvalue weighted by molar-refractivity contribution is 6.06. The molecule has 2 N–H and O–H groups in total. The van der Waals surface area contributed by atoms with Gasteiger partial charge in [0, 0.05) is 31.8 Å². The Balaban J connectivity index is 1.42. The van der Waals surface area contributed by atoms with E-state index in [9.17, 15) is 24.3 Å². The number of fused-ring (bicyclic) bond motifs is 3. The molecule has 4 aliphatic rings. The topological polar surface area (TPSA) is 125 Å². The maximum atomic E-state index is 14.5. The van der Waals surface area contributed by atoms with Crippen molar-refractivity contribution in [3.05, 3.63) is 66.8 Å². The summed E-state index contributed by atoms with van der Waals surface area (Å²) in [4.78, 5) is 57.6. The zero-order valence-corrected chi connectivity index (χ0v) is 23.5. The van der Waals surface area contributed by atoms with Gasteiger partial charge in [0.15, 0.2) is 0 Å². The Morgan fingerprint density at radius 1 is 1.05 bits per heavy atom. The number of nitrogens with zero attached hydrogens (tertiary/aromatic N) is 2. The van der Waals surface area contributed by atoms with E-state index in [1.807, 2.05) is 48.5 Å². The molecule has 4 heterocycles. The Labute approximate surface area is 243 Å². The van der Waals surface area contributed by atoms with Gasteiger partial charge in [-0.2, -0.15) is 0 Å². The maximum absolute atomic E-state index is 14.5. The van der Waals surface area contributed by atoms with Gasteiger partial charge >= 0.3 is 5.97 Å². The molecule has 3 amide bonds. The summed E-state index contributed by atoms with van der Waals surface area (Å²) in [6.45, 7) is 2.07. The van der Waals surface area contributed by atoms with Gasteiger partial charge in [-0.15, -0.1) is 0 Å². The van der Waals surface area contributed by atoms with Crippen molar-refractivity contribution in [1.29, 1.82) is 0 Å². The minimum Gasteiger partial charge on any atom is -0.460 e. The van der Waals surface area contributed by atoms with E-state index in [-0.39, 0.29) is 56.8 Å². The number of nitrogens with one attached hydrogen (secondary N) is 1. The summed E-state index contributed by atoms with van der Waals surface area (Å²) in [6, 6.07) is 12.6. The zero-order valence-electron chi connectivity index (χ0n) is 23.5. The number of aliphatic hydroxyl groups is 1. The predicted molar refractivity (Wildman–Crippen MR) is 154 cm³/mol. The van der Waals surface area contributed by atoms with Crippen LogP contribution in [0.15, 0.2) is 66.8 Å². The number of carbonyl (C=O) groups excluding carboxylic acids is 4. The predicted octanol–water partition coefficient (Wildman–Crippen LogP) is 2.10. The number of carbonyl (C=O) groups is 4. The number of anilines is 1. The quantitative estimate of drug-likeness (QED) is 0.424. The standard InChI is InChI=1S/C32H35N3O7/c1-20-19-33-25(37)11-5-4-10-24-26(31(40)41-20)27-29(38)35(16-7-17-36)28-30(39)34(15-6-14-32(27,28)42-24)23-13-12-21-8-2-3-9-22(21)18-23/h2-4,6,8-10,12-14,18,20,24,26-28,36H,5,7,11,15-17,19H2,1H3,(H,33,37)/b10-4-/t20-,24-,26+,27+,28-,32+/m1/s1. The average Bonchev–Trinajstić information content (AvgIpc) is 3.36. The lowest BCUT2D eigenvalue weighted by Crippen LogP contribution is -2.55. The number of cyclic esters (lactones) is 1. The Kier molecular flexibility index (Phi) is 7.59. The summed E-state index contributed by atoms with van der Waals surface area (Å²) >= 11 is 0. The fourth-order valence-electron chi connectivity index (χ4n) is 6.72. The molecule has 220 valence electrons. The van der Waals surface area contributed by atoms with Gasteiger partial charge in [-0.05, 0) is 42.7 Å². The van der Waals surface area contributed by atoms with E-state index in [1.165, 1.54) is 4.90 Å². The molecule has 4 aliphatic heterocycles. The van der Waals surface area contributed by atoms with Crippen molar-refractivity contribution >= 4 is 40.2 Å². The molecule has 10 nitrogen and oxygen atoms in total. The summed E-state index contributed by atoms with van der Waals surface area (Å²) in [6.07, 6.45) is 6.62. The van der Waals surface area contributed by atoms with Crippen LogP contribution in [0.4, 0.5) is 5.69 Å². The van der Waals surface area contributed by atoms with E-state index >= 15 is 0 Å². The minimum atomic E-state index is -1.41. The van der Waals surface area contributed by atoms with E-state index in [4.69, 9.17) is 9.47 Å². The summed E-state index contributed by atoms with van der Waals surface area (Å²) < 4.78 is 12.4. The zero-order chi connectivity index (χ0) is 29.4. The Morgan fingerprint density at radius 2 is 1.86 bits per heavy atom. The number of likely N-dealkylation sites (tertiary alicyclic amines) is 1. The van der Waals surface area contributed by atoms with Crippen LogP contribution >= 0.6 is 0 Å². The van der Waals surface area contributed by atoms with Crippen LogP contribution in [0.5, 0.6) is 0 Å². The summed E-state index contributed by atoms with van der Waals surface area (Å²) in [5, 5.41) is 14.4. The molecule has 1 spiro atoms. The van der Waals surface area contributed by atoms with Crippen molar-refractivity contribution in [1.82, 2.24) is 10.2 Å². The lowest BCUT2D eigenvalue weighted by molar-refractivity contribution is -0.158. The van der Waals surface area contributed by atoms with Gasteiger partial charge in [-0.1, -0.05) is 54.6 Å². The lowest BCUT2D eigenvalue weighted by Gasteiger charge is -2.35. The number of hydrogen-bond donors (Lipinski definition) is 2. The molecule has 0 saturated carbocycles. The number of amides is 3. The molecule has 6 rings (SSSR count). The van der Waals surface area contributed by atoms with E-state index in [0.29, 0.717) is 12.1 Å². The number of hydrogen-bond acceptors (Lipinski definition) is 7. The van der Waals surface area contributed by atoms with Gasteiger partial charge in [-0.3, -0.25) is 19.2 Å². The molecular weight excluding hydrogens is 538 g/mol. The van der Waals surface area contributed by atoms with Crippen LogP contribution < -0.4 is 10.2 Å². The third-order valence-corrected chi connectivity index (χ3v) is 8.64. The van der Waals surface area contributed by atoms with Crippen LogP contribution in [-0.2, 0) is 28.7 Å². The van der Waals surface area contributed by atoms with Crippen molar-refractivity contribution in [3.63, 3.8) is 0 Å². The summed E-state index contributed by atoms with van der Waals surface area (Å²) in [5.41, 5.74) is -0.723. The van der Waals surface area contributed by atoms with Crippen LogP contribution in [-0.4, -0.2) is 83.8 Å². The van der Waals surface area contributed by atoms with Crippen LogP contribution in [0.1, 0.15) is 26.2 Å². The number of rotatable bonds is 4. The first kappa shape index (κ1) is 28.1. The molecule has 0 unspecified atom stereocenters. The minimum absolute atomic E-state index is 0.136. The van der Waals surface area contributed by atoms with Crippen molar-refractivity contribution in [3.8, 4) is 0 Å². The molecule has 6 atom stereocenters. The summed E-state index contributed by atoms with van der Waals surface area (Å²) in [5.74, 6) is -3.44. The molecule has 2 aromatic rings. The number of aliphatic hydroxyl groups excluding tert-OH is 1. The smallest absolute Gasteiger partial charge is 0.313 e. The molecule has 10 heteroatoms. The molecule has 0 radical (unpaired) electrons. The molecule has 2 aromatic carbocycles. The highest BCUT2D eigenvalue weighted by Gasteiger charge is 2.71. The Bertz CT molecular complexity index is 1470. The second-order valence-corrected chi connectivity index (χ2v) is 11.4. The second-order valence-electron chi connectivity index (χ2n) is 11.4. The van der Waals surface area contributed by atoms with Crippen molar-refractivity contribution in [2.75, 3.05) is 31.1 Å². The van der Waals surface area contributed by atoms with Crippen LogP contribution in [0.2, 0.25) is 0 Å². The molecule has 0 aliphatic carbocycles. The number of allylic oxidation sites excluding steroid dienone is 1. The van der Waals surface area contributed by atoms with E-state index in [1.54, 1.807) is 30.1 Å². The fourth-order valence-corrected chi connectivity index (χ4v) is 6.72. The number of esters is 1. The average molecular weight is 574 g/mol. The molecule has 2 fully saturated rings. The van der Waals surface area contributed by atoms with Gasteiger partial charge in [0.25, 0.3) is 5.91 Å². The van der Waals surface area contributed by atoms with Gasteiger partial charge < -0.3 is 29.7 Å². The van der Waals surface area contributed by atoms with Gasteiger partial charge in [0.2, 0.25) is 11.8 Å². The molecule has 0 bridgehead atoms. The van der Waals surface area contributed by atoms with Crippen molar-refractivity contribution in [2.24, 2.45) is 11.8 Å². The van der Waals surface area contributed by atoms with E-state index in [2.05, 4.69) is 5.32 Å². The monoisotopic (exact) mass is 573 g/mol. The van der Waals surface area contributed by atoms with Gasteiger partial charge in [0.05, 0.1) is 18.6 Å². The van der Waals surface area contributed by atoms with Crippen molar-refractivity contribution < 1.29 is 33.8 Å². The Morgan fingerprint density at radius 3 is 2.67 bits per heavy atom. The lowest BCUT2D eigenvalue weighted by atomic mass is 9.78. The van der Waals surface area contributed by atoms with Gasteiger partial charge in [-0.25, -0.2) is 0 Å². The van der Waals surface area contributed by atoms with Crippen LogP contribution in [0.25, 0.3) is 10.8 Å². The molecule has 2 saturated heterocycles. The van der Waals surface area contributed by atoms with E-state index in [0.717, 1.165) is 10.8 Å².